The molecule has 0 saturated carbocycles. The number of hydrogen-bond donors (Lipinski definition) is 3. The lowest BCUT2D eigenvalue weighted by molar-refractivity contribution is 0.460. The smallest absolute Gasteiger partial charge is 0.294 e. The summed E-state index contributed by atoms with van der Waals surface area (Å²) in [6.07, 6.45) is 0.726. The van der Waals surface area contributed by atoms with Crippen LogP contribution in [0.3, 0.4) is 0 Å². The summed E-state index contributed by atoms with van der Waals surface area (Å²) in [6.45, 7) is 3.77. The molecule has 0 heterocycles. The van der Waals surface area contributed by atoms with E-state index in [2.05, 4.69) is 0 Å². The zero-order chi connectivity index (χ0) is 18.5. The van der Waals surface area contributed by atoms with Crippen molar-refractivity contribution in [3.63, 3.8) is 0 Å². The minimum Gasteiger partial charge on any atom is -0.506 e. The average Bonchev–Trinajstić information content (AvgIpc) is 2.50. The van der Waals surface area contributed by atoms with Gasteiger partial charge in [0.25, 0.3) is 10.1 Å². The monoisotopic (exact) mass is 407 g/mol. The molecule has 0 saturated heterocycles. The van der Waals surface area contributed by atoms with Crippen molar-refractivity contribution in [1.82, 2.24) is 0 Å². The molecule has 0 unspecified atom stereocenters. The Labute approximate surface area is 159 Å². The average molecular weight is 408 g/mol. The van der Waals surface area contributed by atoms with E-state index in [0.29, 0.717) is 10.6 Å². The summed E-state index contributed by atoms with van der Waals surface area (Å²) in [4.78, 5) is -0.0666. The maximum Gasteiger partial charge on any atom is 0.294 e. The predicted molar refractivity (Wildman–Crippen MR) is 103 cm³/mol. The Kier molecular flexibility index (Phi) is 9.47. The highest BCUT2D eigenvalue weighted by Gasteiger charge is 2.12. The number of rotatable bonds is 3. The molecular weight excluding hydrogens is 385 g/mol. The SMILES string of the molecule is C.CC[C@H](N)c1cc(Cl)cc(Cl)c1O.Cc1ccc(S(=O)(=O)O)cc1. The third-order valence-corrected chi connectivity index (χ3v) is 4.59. The number of phenolic OH excluding ortho intramolecular Hbond substituents is 1. The van der Waals surface area contributed by atoms with Crippen molar-refractivity contribution in [1.29, 1.82) is 0 Å². The van der Waals surface area contributed by atoms with Crippen molar-refractivity contribution in [2.75, 3.05) is 0 Å². The third kappa shape index (κ3) is 7.22. The predicted octanol–water partition coefficient (Wildman–Crippen LogP) is 4.99. The minimum absolute atomic E-state index is 0. The lowest BCUT2D eigenvalue weighted by atomic mass is 10.0. The van der Waals surface area contributed by atoms with Crippen LogP contribution in [0.25, 0.3) is 0 Å². The van der Waals surface area contributed by atoms with Crippen molar-refractivity contribution < 1.29 is 18.1 Å². The van der Waals surface area contributed by atoms with E-state index in [9.17, 15) is 13.5 Å². The van der Waals surface area contributed by atoms with Crippen LogP contribution in [0.1, 0.15) is 37.9 Å². The fraction of sp³-hybridized carbons (Fsp3) is 0.294. The Morgan fingerprint density at radius 1 is 1.16 bits per heavy atom. The molecule has 4 N–H and O–H groups in total. The second-order valence-electron chi connectivity index (χ2n) is 5.13. The minimum atomic E-state index is -4.02. The molecule has 8 heteroatoms. The topological polar surface area (TPSA) is 101 Å². The fourth-order valence-electron chi connectivity index (χ4n) is 1.80. The van der Waals surface area contributed by atoms with E-state index >= 15 is 0 Å². The highest BCUT2D eigenvalue weighted by molar-refractivity contribution is 7.85. The van der Waals surface area contributed by atoms with Gasteiger partial charge in [-0.15, -0.1) is 0 Å². The molecule has 0 aliphatic carbocycles. The molecule has 2 rings (SSSR count). The molecule has 1 atom stereocenters. The summed E-state index contributed by atoms with van der Waals surface area (Å²) >= 11 is 11.5. The molecule has 140 valence electrons. The van der Waals surface area contributed by atoms with E-state index in [4.69, 9.17) is 33.5 Å². The first-order valence-electron chi connectivity index (χ1n) is 7.04. The Balaban J connectivity index is 0.000000449. The van der Waals surface area contributed by atoms with Crippen LogP contribution >= 0.6 is 23.2 Å². The largest absolute Gasteiger partial charge is 0.506 e. The number of aromatic hydroxyl groups is 1. The lowest BCUT2D eigenvalue weighted by Crippen LogP contribution is -2.08. The lowest BCUT2D eigenvalue weighted by Gasteiger charge is -2.12. The quantitative estimate of drug-likeness (QED) is 0.622. The van der Waals surface area contributed by atoms with Crippen molar-refractivity contribution in [2.24, 2.45) is 5.73 Å². The summed E-state index contributed by atoms with van der Waals surface area (Å²) in [7, 11) is -4.02. The normalized spacial score (nSPS) is 11.8. The van der Waals surface area contributed by atoms with Crippen LogP contribution in [0.5, 0.6) is 5.75 Å². The summed E-state index contributed by atoms with van der Waals surface area (Å²) in [5, 5.41) is 10.3. The second kappa shape index (κ2) is 9.99. The van der Waals surface area contributed by atoms with Gasteiger partial charge in [-0.05, 0) is 37.6 Å². The summed E-state index contributed by atoms with van der Waals surface area (Å²) in [6, 6.07) is 8.89. The fourth-order valence-corrected chi connectivity index (χ4v) is 2.79. The van der Waals surface area contributed by atoms with Crippen LogP contribution in [0.4, 0.5) is 0 Å². The second-order valence-corrected chi connectivity index (χ2v) is 7.39. The zero-order valence-corrected chi connectivity index (χ0v) is 15.5. The standard InChI is InChI=1S/C9H11Cl2NO.C7H8O3S.CH4/c1-2-8(12)6-3-5(10)4-7(11)9(6)13;1-6-2-4-7(5-3-6)11(8,9)10;/h3-4,8,13H,2,12H2,1H3;2-5H,1H3,(H,8,9,10);1H4/t8-;;/m0../s1. The molecule has 0 aliphatic rings. The first kappa shape index (κ1) is 23.7. The molecule has 5 nitrogen and oxygen atoms in total. The highest BCUT2D eigenvalue weighted by atomic mass is 35.5. The summed E-state index contributed by atoms with van der Waals surface area (Å²) in [5.74, 6) is 0.0282. The van der Waals surface area contributed by atoms with Gasteiger partial charge in [-0.25, -0.2) is 0 Å². The van der Waals surface area contributed by atoms with E-state index in [0.717, 1.165) is 12.0 Å². The van der Waals surface area contributed by atoms with Crippen LogP contribution in [0.15, 0.2) is 41.3 Å². The van der Waals surface area contributed by atoms with Crippen molar-refractivity contribution in [3.8, 4) is 5.75 Å². The molecule has 0 fully saturated rings. The number of halogens is 2. The Morgan fingerprint density at radius 3 is 2.12 bits per heavy atom. The Hall–Kier alpha value is -1.31. The van der Waals surface area contributed by atoms with Crippen molar-refractivity contribution in [2.45, 2.75) is 38.6 Å². The molecule has 0 spiro atoms. The third-order valence-electron chi connectivity index (χ3n) is 3.22. The van der Waals surface area contributed by atoms with Crippen LogP contribution in [0, 0.1) is 6.92 Å². The van der Waals surface area contributed by atoms with E-state index in [1.165, 1.54) is 18.2 Å². The van der Waals surface area contributed by atoms with Gasteiger partial charge in [-0.1, -0.05) is 55.2 Å². The first-order valence-corrected chi connectivity index (χ1v) is 9.23. The van der Waals surface area contributed by atoms with Gasteiger partial charge in [0, 0.05) is 16.6 Å². The molecular formula is C17H23Cl2NO4S. The highest BCUT2D eigenvalue weighted by Crippen LogP contribution is 2.34. The van der Waals surface area contributed by atoms with E-state index in [-0.39, 0.29) is 29.1 Å². The molecule has 2 aromatic rings. The molecule has 0 aromatic heterocycles. The first-order chi connectivity index (χ1) is 11.1. The van der Waals surface area contributed by atoms with Gasteiger partial charge in [0.05, 0.1) is 9.92 Å². The maximum absolute atomic E-state index is 10.5. The Bertz CT molecular complexity index is 793. The van der Waals surface area contributed by atoms with Gasteiger partial charge in [0.15, 0.2) is 0 Å². The van der Waals surface area contributed by atoms with Crippen LogP contribution in [-0.2, 0) is 10.1 Å². The molecule has 2 aromatic carbocycles. The molecule has 0 amide bonds. The number of aryl methyl sites for hydroxylation is 1. The summed E-state index contributed by atoms with van der Waals surface area (Å²) in [5.41, 5.74) is 7.31. The van der Waals surface area contributed by atoms with Gasteiger partial charge in [0.1, 0.15) is 5.75 Å². The van der Waals surface area contributed by atoms with Gasteiger partial charge >= 0.3 is 0 Å². The maximum atomic E-state index is 10.5. The number of nitrogens with two attached hydrogens (primary N) is 1. The van der Waals surface area contributed by atoms with Crippen molar-refractivity contribution in [3.05, 3.63) is 57.6 Å². The van der Waals surface area contributed by atoms with E-state index in [1.54, 1.807) is 18.2 Å². The molecule has 0 bridgehead atoms. The number of phenols is 1. The molecule has 25 heavy (non-hydrogen) atoms. The van der Waals surface area contributed by atoms with Crippen molar-refractivity contribution >= 4 is 33.3 Å². The van der Waals surface area contributed by atoms with Crippen LogP contribution < -0.4 is 5.73 Å². The van der Waals surface area contributed by atoms with Crippen LogP contribution in [-0.4, -0.2) is 18.1 Å². The van der Waals surface area contributed by atoms with Gasteiger partial charge < -0.3 is 10.8 Å². The molecule has 0 radical (unpaired) electrons. The number of hydrogen-bond acceptors (Lipinski definition) is 4. The Morgan fingerprint density at radius 2 is 1.68 bits per heavy atom. The van der Waals surface area contributed by atoms with E-state index in [1.807, 2.05) is 13.8 Å². The summed E-state index contributed by atoms with van der Waals surface area (Å²) < 4.78 is 29.6. The van der Waals surface area contributed by atoms with Gasteiger partial charge in [0.2, 0.25) is 0 Å². The number of benzene rings is 2. The van der Waals surface area contributed by atoms with Gasteiger partial charge in [-0.2, -0.15) is 8.42 Å². The molecule has 0 aliphatic heterocycles. The van der Waals surface area contributed by atoms with E-state index < -0.39 is 10.1 Å². The van der Waals surface area contributed by atoms with Crippen LogP contribution in [0.2, 0.25) is 10.0 Å². The van der Waals surface area contributed by atoms with Gasteiger partial charge in [-0.3, -0.25) is 4.55 Å². The zero-order valence-electron chi connectivity index (χ0n) is 13.2.